The lowest BCUT2D eigenvalue weighted by molar-refractivity contribution is -0.117. The number of hydrogen-bond acceptors (Lipinski definition) is 5. The lowest BCUT2D eigenvalue weighted by Gasteiger charge is -2.45. The van der Waals surface area contributed by atoms with Gasteiger partial charge in [-0.05, 0) is 82.3 Å². The molecule has 1 aliphatic heterocycles. The first-order valence-electron chi connectivity index (χ1n) is 15.0. The third-order valence-electron chi connectivity index (χ3n) is 8.00. The zero-order valence-corrected chi connectivity index (χ0v) is 25.2. The molecule has 0 aliphatic carbocycles. The van der Waals surface area contributed by atoms with Crippen LogP contribution in [-0.2, 0) is 16.0 Å². The normalized spacial score (nSPS) is 16.1. The second-order valence-electron chi connectivity index (χ2n) is 11.5. The number of anilines is 1. The molecule has 2 unspecified atom stereocenters. The summed E-state index contributed by atoms with van der Waals surface area (Å²) in [5.74, 6) is 1.91. The van der Waals surface area contributed by atoms with Gasteiger partial charge < -0.3 is 15.0 Å². The van der Waals surface area contributed by atoms with Crippen molar-refractivity contribution >= 4 is 17.8 Å². The molecule has 0 spiro atoms. The second-order valence-corrected chi connectivity index (χ2v) is 11.5. The SMILES string of the molecule is CC(=O)CN(C)CN(c1ccccc1)C1(C=O)CCNCC1.CCCC(CCC(C)CC)Cc1ccccc1. The minimum atomic E-state index is -0.502. The fourth-order valence-electron chi connectivity index (χ4n) is 5.50. The molecule has 0 bridgehead atoms. The van der Waals surface area contributed by atoms with Crippen LogP contribution in [0.25, 0.3) is 0 Å². The Labute approximate surface area is 238 Å². The molecular formula is C34H53N3O2. The Bertz CT molecular complexity index is 928. The van der Waals surface area contributed by atoms with Gasteiger partial charge in [0.15, 0.2) is 0 Å². The van der Waals surface area contributed by atoms with Gasteiger partial charge in [0.2, 0.25) is 0 Å². The van der Waals surface area contributed by atoms with Crippen molar-refractivity contribution in [3.8, 4) is 0 Å². The number of para-hydroxylation sites is 1. The second kappa shape index (κ2) is 18.0. The van der Waals surface area contributed by atoms with Crippen molar-refractivity contribution in [1.29, 1.82) is 0 Å². The molecule has 0 amide bonds. The van der Waals surface area contributed by atoms with Crippen LogP contribution >= 0.6 is 0 Å². The highest BCUT2D eigenvalue weighted by molar-refractivity contribution is 5.77. The monoisotopic (exact) mass is 535 g/mol. The topological polar surface area (TPSA) is 52.7 Å². The van der Waals surface area contributed by atoms with Crippen LogP contribution in [-0.4, -0.2) is 55.9 Å². The van der Waals surface area contributed by atoms with E-state index in [1.807, 2.05) is 42.3 Å². The number of nitrogens with one attached hydrogen (secondary N) is 1. The van der Waals surface area contributed by atoms with E-state index in [-0.39, 0.29) is 5.78 Å². The van der Waals surface area contributed by atoms with Crippen LogP contribution < -0.4 is 10.2 Å². The molecule has 1 aliphatic rings. The van der Waals surface area contributed by atoms with Crippen LogP contribution in [0, 0.1) is 11.8 Å². The number of piperidine rings is 1. The first kappa shape index (κ1) is 32.7. The van der Waals surface area contributed by atoms with Crippen molar-refractivity contribution in [2.24, 2.45) is 11.8 Å². The highest BCUT2D eigenvalue weighted by Crippen LogP contribution is 2.30. The number of carbonyl (C=O) groups excluding carboxylic acids is 2. The quantitative estimate of drug-likeness (QED) is 0.202. The predicted molar refractivity (Wildman–Crippen MR) is 165 cm³/mol. The van der Waals surface area contributed by atoms with E-state index in [9.17, 15) is 9.59 Å². The number of rotatable bonds is 15. The van der Waals surface area contributed by atoms with Crippen LogP contribution in [0.4, 0.5) is 5.69 Å². The highest BCUT2D eigenvalue weighted by Gasteiger charge is 2.38. The maximum atomic E-state index is 11.9. The summed E-state index contributed by atoms with van der Waals surface area (Å²) in [6, 6.07) is 20.9. The lowest BCUT2D eigenvalue weighted by Crippen LogP contribution is -2.59. The molecule has 5 heteroatoms. The van der Waals surface area contributed by atoms with Gasteiger partial charge in [-0.3, -0.25) is 9.69 Å². The summed E-state index contributed by atoms with van der Waals surface area (Å²) in [6.45, 7) is 11.2. The molecule has 2 aromatic carbocycles. The zero-order valence-electron chi connectivity index (χ0n) is 25.2. The van der Waals surface area contributed by atoms with Gasteiger partial charge in [0.1, 0.15) is 12.1 Å². The zero-order chi connectivity index (χ0) is 28.5. The first-order chi connectivity index (χ1) is 18.8. The van der Waals surface area contributed by atoms with Crippen molar-refractivity contribution in [2.75, 3.05) is 38.3 Å². The van der Waals surface area contributed by atoms with Crippen LogP contribution in [0.3, 0.4) is 0 Å². The Morgan fingerprint density at radius 2 is 1.59 bits per heavy atom. The van der Waals surface area contributed by atoms with Crippen LogP contribution in [0.1, 0.15) is 78.2 Å². The van der Waals surface area contributed by atoms with Gasteiger partial charge in [-0.15, -0.1) is 0 Å². The molecule has 2 aromatic rings. The average molecular weight is 536 g/mol. The Kier molecular flexibility index (Phi) is 15.1. The smallest absolute Gasteiger partial charge is 0.145 e. The van der Waals surface area contributed by atoms with Gasteiger partial charge in [-0.25, -0.2) is 0 Å². The number of ketones is 1. The largest absolute Gasteiger partial charge is 0.346 e. The van der Waals surface area contributed by atoms with Gasteiger partial charge in [0.25, 0.3) is 0 Å². The molecule has 0 saturated carbocycles. The molecular weight excluding hydrogens is 482 g/mol. The van der Waals surface area contributed by atoms with Gasteiger partial charge >= 0.3 is 0 Å². The van der Waals surface area contributed by atoms with Crippen molar-refractivity contribution < 1.29 is 9.59 Å². The molecule has 2 atom stereocenters. The van der Waals surface area contributed by atoms with Gasteiger partial charge in [0.05, 0.1) is 18.8 Å². The molecule has 1 saturated heterocycles. The minimum Gasteiger partial charge on any atom is -0.346 e. The third-order valence-corrected chi connectivity index (χ3v) is 8.00. The number of likely N-dealkylation sites (N-methyl/N-ethyl adjacent to an activating group) is 1. The van der Waals surface area contributed by atoms with Crippen molar-refractivity contribution in [3.63, 3.8) is 0 Å². The van der Waals surface area contributed by atoms with E-state index in [1.165, 1.54) is 44.1 Å². The summed E-state index contributed by atoms with van der Waals surface area (Å²) in [6.07, 6.45) is 10.7. The van der Waals surface area contributed by atoms with Crippen molar-refractivity contribution in [3.05, 3.63) is 66.2 Å². The summed E-state index contributed by atoms with van der Waals surface area (Å²) in [7, 11) is 1.91. The van der Waals surface area contributed by atoms with Crippen LogP contribution in [0.2, 0.25) is 0 Å². The molecule has 1 heterocycles. The number of aldehydes is 1. The molecule has 39 heavy (non-hydrogen) atoms. The summed E-state index contributed by atoms with van der Waals surface area (Å²) in [5, 5.41) is 3.31. The summed E-state index contributed by atoms with van der Waals surface area (Å²) < 4.78 is 0. The number of nitrogens with zero attached hydrogens (tertiary/aromatic N) is 2. The fourth-order valence-corrected chi connectivity index (χ4v) is 5.50. The summed E-state index contributed by atoms with van der Waals surface area (Å²) in [4.78, 5) is 27.4. The number of benzene rings is 2. The van der Waals surface area contributed by atoms with Crippen molar-refractivity contribution in [1.82, 2.24) is 10.2 Å². The maximum absolute atomic E-state index is 11.9. The minimum absolute atomic E-state index is 0.126. The Balaban J connectivity index is 0.000000283. The van der Waals surface area contributed by atoms with Crippen molar-refractivity contribution in [2.45, 2.75) is 84.6 Å². The average Bonchev–Trinajstić information content (AvgIpc) is 2.96. The van der Waals surface area contributed by atoms with E-state index in [0.717, 1.165) is 49.7 Å². The van der Waals surface area contributed by atoms with Gasteiger partial charge in [-0.1, -0.05) is 95.0 Å². The molecule has 3 rings (SSSR count). The molecule has 0 radical (unpaired) electrons. The Morgan fingerprint density at radius 3 is 2.13 bits per heavy atom. The molecule has 216 valence electrons. The number of Topliss-reactive ketones (excluding diaryl/α,β-unsaturated/α-hetero) is 1. The number of hydrogen-bond donors (Lipinski definition) is 1. The maximum Gasteiger partial charge on any atom is 0.145 e. The lowest BCUT2D eigenvalue weighted by atomic mass is 9.87. The van der Waals surface area contributed by atoms with Gasteiger partial charge in [0, 0.05) is 5.69 Å². The van der Waals surface area contributed by atoms with E-state index in [0.29, 0.717) is 13.2 Å². The van der Waals surface area contributed by atoms with Gasteiger partial charge in [-0.2, -0.15) is 0 Å². The van der Waals surface area contributed by atoms with E-state index in [2.05, 4.69) is 61.3 Å². The highest BCUT2D eigenvalue weighted by atomic mass is 16.1. The standard InChI is InChI=1S/C17H25N3O2.C17H28/c1-15(22)12-19(2)14-20(16-6-4-3-5-7-16)17(13-21)8-10-18-11-9-17;1-4-9-16(13-12-15(3)5-2)14-17-10-7-6-8-11-17/h3-7,13,18H,8-12,14H2,1-2H3;6-8,10-11,15-16H,4-5,9,12-14H2,1-3H3. The van der Waals surface area contributed by atoms with E-state index >= 15 is 0 Å². The Hall–Kier alpha value is -2.50. The van der Waals surface area contributed by atoms with E-state index in [1.54, 1.807) is 6.92 Å². The van der Waals surface area contributed by atoms with Crippen LogP contribution in [0.15, 0.2) is 60.7 Å². The molecule has 1 N–H and O–H groups in total. The summed E-state index contributed by atoms with van der Waals surface area (Å²) in [5.41, 5.74) is 2.03. The molecule has 0 aromatic heterocycles. The van der Waals surface area contributed by atoms with Crippen LogP contribution in [0.5, 0.6) is 0 Å². The number of carbonyl (C=O) groups is 2. The summed E-state index contributed by atoms with van der Waals surface area (Å²) >= 11 is 0. The molecule has 5 nitrogen and oxygen atoms in total. The fraction of sp³-hybridized carbons (Fsp3) is 0.588. The third kappa shape index (κ3) is 11.6. The van der Waals surface area contributed by atoms with E-state index in [4.69, 9.17) is 0 Å². The Morgan fingerprint density at radius 1 is 0.974 bits per heavy atom. The van der Waals surface area contributed by atoms with E-state index < -0.39 is 5.54 Å². The predicted octanol–water partition coefficient (Wildman–Crippen LogP) is 6.76. The molecule has 1 fully saturated rings. The first-order valence-corrected chi connectivity index (χ1v) is 15.0.